The lowest BCUT2D eigenvalue weighted by Crippen LogP contribution is -1.92. The third kappa shape index (κ3) is 4.20. The van der Waals surface area contributed by atoms with E-state index in [1.165, 1.54) is 30.7 Å². The second-order valence-electron chi connectivity index (χ2n) is 3.98. The first-order valence-electron chi connectivity index (χ1n) is 6.02. The molecule has 0 aliphatic heterocycles. The van der Waals surface area contributed by atoms with Crippen molar-refractivity contribution in [2.75, 3.05) is 5.73 Å². The number of hydrogen-bond donors (Lipinski definition) is 1. The molecule has 0 aliphatic carbocycles. The van der Waals surface area contributed by atoms with E-state index >= 15 is 0 Å². The SMILES string of the molecule is CCCCCCc1nc(CCC)sc1N. The van der Waals surface area contributed by atoms with Crippen molar-refractivity contribution in [2.45, 2.75) is 58.8 Å². The van der Waals surface area contributed by atoms with Crippen molar-refractivity contribution in [3.63, 3.8) is 0 Å². The molecule has 0 fully saturated rings. The van der Waals surface area contributed by atoms with Crippen LogP contribution in [0.25, 0.3) is 0 Å². The van der Waals surface area contributed by atoms with E-state index in [0.717, 1.165) is 30.0 Å². The minimum Gasteiger partial charge on any atom is -0.389 e. The number of unbranched alkanes of at least 4 members (excludes halogenated alkanes) is 3. The Bertz CT molecular complexity index is 281. The lowest BCUT2D eigenvalue weighted by molar-refractivity contribution is 0.661. The van der Waals surface area contributed by atoms with Gasteiger partial charge < -0.3 is 5.73 Å². The minimum absolute atomic E-state index is 0.940. The number of nitrogens with zero attached hydrogens (tertiary/aromatic N) is 1. The van der Waals surface area contributed by atoms with Crippen molar-refractivity contribution < 1.29 is 0 Å². The van der Waals surface area contributed by atoms with Gasteiger partial charge >= 0.3 is 0 Å². The van der Waals surface area contributed by atoms with E-state index < -0.39 is 0 Å². The highest BCUT2D eigenvalue weighted by atomic mass is 32.1. The number of hydrogen-bond acceptors (Lipinski definition) is 3. The fourth-order valence-corrected chi connectivity index (χ4v) is 2.61. The summed E-state index contributed by atoms with van der Waals surface area (Å²) in [6.45, 7) is 4.41. The van der Waals surface area contributed by atoms with Crippen molar-refractivity contribution >= 4 is 16.3 Å². The molecule has 1 heterocycles. The van der Waals surface area contributed by atoms with Crippen LogP contribution in [0.15, 0.2) is 0 Å². The van der Waals surface area contributed by atoms with Crippen LogP contribution in [0.3, 0.4) is 0 Å². The van der Waals surface area contributed by atoms with Crippen LogP contribution < -0.4 is 5.73 Å². The third-order valence-corrected chi connectivity index (χ3v) is 3.49. The highest BCUT2D eigenvalue weighted by Crippen LogP contribution is 2.23. The van der Waals surface area contributed by atoms with Crippen LogP contribution in [0.1, 0.15) is 56.7 Å². The van der Waals surface area contributed by atoms with Crippen LogP contribution in [0.5, 0.6) is 0 Å². The predicted molar refractivity (Wildman–Crippen MR) is 68.4 cm³/mol. The molecule has 1 aromatic rings. The molecule has 1 rings (SSSR count). The number of nitrogen functional groups attached to an aromatic ring is 1. The summed E-state index contributed by atoms with van der Waals surface area (Å²) in [5.74, 6) is 0. The molecule has 0 aliphatic rings. The van der Waals surface area contributed by atoms with E-state index in [1.54, 1.807) is 11.3 Å². The maximum Gasteiger partial charge on any atom is 0.109 e. The summed E-state index contributed by atoms with van der Waals surface area (Å²) in [5.41, 5.74) is 7.08. The first-order chi connectivity index (χ1) is 7.27. The van der Waals surface area contributed by atoms with Crippen molar-refractivity contribution in [1.29, 1.82) is 0 Å². The van der Waals surface area contributed by atoms with Gasteiger partial charge in [-0.2, -0.15) is 0 Å². The summed E-state index contributed by atoms with van der Waals surface area (Å²) >= 11 is 1.67. The zero-order valence-corrected chi connectivity index (χ0v) is 10.7. The summed E-state index contributed by atoms with van der Waals surface area (Å²) in [4.78, 5) is 4.59. The van der Waals surface area contributed by atoms with Crippen molar-refractivity contribution in [2.24, 2.45) is 0 Å². The molecule has 0 radical (unpaired) electrons. The highest BCUT2D eigenvalue weighted by Gasteiger charge is 2.06. The molecule has 0 spiro atoms. The van der Waals surface area contributed by atoms with Gasteiger partial charge in [0.05, 0.1) is 10.7 Å². The quantitative estimate of drug-likeness (QED) is 0.718. The molecule has 1 aromatic heterocycles. The van der Waals surface area contributed by atoms with E-state index in [1.807, 2.05) is 0 Å². The largest absolute Gasteiger partial charge is 0.389 e. The summed E-state index contributed by atoms with van der Waals surface area (Å²) < 4.78 is 0. The molecule has 15 heavy (non-hydrogen) atoms. The Morgan fingerprint density at radius 3 is 2.53 bits per heavy atom. The highest BCUT2D eigenvalue weighted by molar-refractivity contribution is 7.15. The predicted octanol–water partition coefficient (Wildman–Crippen LogP) is 3.80. The van der Waals surface area contributed by atoms with Crippen LogP contribution in [-0.2, 0) is 12.8 Å². The zero-order valence-electron chi connectivity index (χ0n) is 9.88. The van der Waals surface area contributed by atoms with Gasteiger partial charge in [-0.3, -0.25) is 0 Å². The van der Waals surface area contributed by atoms with E-state index in [2.05, 4.69) is 18.8 Å². The molecular weight excluding hydrogens is 204 g/mol. The Labute approximate surface area is 96.9 Å². The van der Waals surface area contributed by atoms with Crippen molar-refractivity contribution in [3.05, 3.63) is 10.7 Å². The van der Waals surface area contributed by atoms with E-state index in [0.29, 0.717) is 0 Å². The normalized spacial score (nSPS) is 10.8. The fraction of sp³-hybridized carbons (Fsp3) is 0.750. The van der Waals surface area contributed by atoms with Gasteiger partial charge in [-0.1, -0.05) is 33.1 Å². The molecule has 2 N–H and O–H groups in total. The van der Waals surface area contributed by atoms with Gasteiger partial charge in [-0.15, -0.1) is 11.3 Å². The van der Waals surface area contributed by atoms with E-state index in [-0.39, 0.29) is 0 Å². The molecule has 86 valence electrons. The van der Waals surface area contributed by atoms with Gasteiger partial charge in [0.15, 0.2) is 0 Å². The molecule has 2 nitrogen and oxygen atoms in total. The van der Waals surface area contributed by atoms with Crippen LogP contribution in [0.4, 0.5) is 5.00 Å². The van der Waals surface area contributed by atoms with Gasteiger partial charge in [0, 0.05) is 0 Å². The van der Waals surface area contributed by atoms with Gasteiger partial charge in [-0.25, -0.2) is 4.98 Å². The van der Waals surface area contributed by atoms with Crippen LogP contribution in [0, 0.1) is 0 Å². The molecule has 0 bridgehead atoms. The van der Waals surface area contributed by atoms with E-state index in [9.17, 15) is 0 Å². The molecule has 0 saturated heterocycles. The first kappa shape index (κ1) is 12.5. The summed E-state index contributed by atoms with van der Waals surface area (Å²) in [6.07, 6.45) is 8.43. The lowest BCUT2D eigenvalue weighted by atomic mass is 10.1. The van der Waals surface area contributed by atoms with Crippen LogP contribution >= 0.6 is 11.3 Å². The monoisotopic (exact) mass is 226 g/mol. The number of rotatable bonds is 7. The van der Waals surface area contributed by atoms with Gasteiger partial charge in [0.1, 0.15) is 5.00 Å². The molecule has 3 heteroatoms. The van der Waals surface area contributed by atoms with Crippen molar-refractivity contribution in [3.8, 4) is 0 Å². The standard InChI is InChI=1S/C12H22N2S/c1-3-5-6-7-9-10-12(13)15-11(14-10)8-4-2/h3-9,13H2,1-2H3. The Hall–Kier alpha value is -0.570. The number of anilines is 1. The molecule has 0 aromatic carbocycles. The zero-order chi connectivity index (χ0) is 11.1. The van der Waals surface area contributed by atoms with Gasteiger partial charge in [0.2, 0.25) is 0 Å². The number of aromatic nitrogens is 1. The molecule has 0 atom stereocenters. The van der Waals surface area contributed by atoms with Crippen LogP contribution in [0.2, 0.25) is 0 Å². The number of thiazole rings is 1. The molecule has 0 amide bonds. The average Bonchev–Trinajstić information content (AvgIpc) is 2.55. The lowest BCUT2D eigenvalue weighted by Gasteiger charge is -1.97. The van der Waals surface area contributed by atoms with Gasteiger partial charge in [-0.05, 0) is 25.7 Å². The number of nitrogens with two attached hydrogens (primary N) is 1. The Balaban J connectivity index is 2.39. The van der Waals surface area contributed by atoms with Crippen LogP contribution in [-0.4, -0.2) is 4.98 Å². The second kappa shape index (κ2) is 6.83. The minimum atomic E-state index is 0.940. The summed E-state index contributed by atoms with van der Waals surface area (Å²) in [5, 5.41) is 2.15. The van der Waals surface area contributed by atoms with Gasteiger partial charge in [0.25, 0.3) is 0 Å². The average molecular weight is 226 g/mol. The summed E-state index contributed by atoms with van der Waals surface area (Å²) in [7, 11) is 0. The fourth-order valence-electron chi connectivity index (χ4n) is 1.63. The Morgan fingerprint density at radius 2 is 1.87 bits per heavy atom. The maximum absolute atomic E-state index is 5.94. The first-order valence-corrected chi connectivity index (χ1v) is 6.83. The van der Waals surface area contributed by atoms with E-state index in [4.69, 9.17) is 5.73 Å². The Kier molecular flexibility index (Phi) is 5.69. The smallest absolute Gasteiger partial charge is 0.109 e. The second-order valence-corrected chi connectivity index (χ2v) is 5.09. The molecular formula is C12H22N2S. The topological polar surface area (TPSA) is 38.9 Å². The molecule has 0 unspecified atom stereocenters. The molecule has 0 saturated carbocycles. The van der Waals surface area contributed by atoms with Crippen molar-refractivity contribution in [1.82, 2.24) is 4.98 Å². The third-order valence-electron chi connectivity index (χ3n) is 2.50. The summed E-state index contributed by atoms with van der Waals surface area (Å²) in [6, 6.07) is 0. The Morgan fingerprint density at radius 1 is 1.07 bits per heavy atom. The maximum atomic E-state index is 5.94. The number of aryl methyl sites for hydroxylation is 2.